The zero-order valence-corrected chi connectivity index (χ0v) is 20.9. The van der Waals surface area contributed by atoms with Crippen molar-refractivity contribution in [2.75, 3.05) is 46.3 Å². The summed E-state index contributed by atoms with van der Waals surface area (Å²) in [5.74, 6) is 0.925. The van der Waals surface area contributed by atoms with Gasteiger partial charge >= 0.3 is 6.09 Å². The summed E-state index contributed by atoms with van der Waals surface area (Å²) in [7, 11) is 1.76. The van der Waals surface area contributed by atoms with E-state index in [1.807, 2.05) is 35.2 Å². The van der Waals surface area contributed by atoms with Gasteiger partial charge in [-0.05, 0) is 23.8 Å². The van der Waals surface area contributed by atoms with Crippen molar-refractivity contribution in [3.05, 3.63) is 35.9 Å². The van der Waals surface area contributed by atoms with Crippen LogP contribution in [-0.4, -0.2) is 84.0 Å². The van der Waals surface area contributed by atoms with Gasteiger partial charge in [-0.2, -0.15) is 0 Å². The smallest absolute Gasteiger partial charge is 0.405 e. The van der Waals surface area contributed by atoms with E-state index in [2.05, 4.69) is 10.2 Å². The van der Waals surface area contributed by atoms with Crippen molar-refractivity contribution in [2.45, 2.75) is 51.0 Å². The molecule has 1 saturated carbocycles. The summed E-state index contributed by atoms with van der Waals surface area (Å²) >= 11 is 0. The minimum atomic E-state index is -1.01. The molecular weight excluding hydrogens is 444 g/mol. The second-order valence-electron chi connectivity index (χ2n) is 10.7. The predicted octanol–water partition coefficient (Wildman–Crippen LogP) is 3.20. The highest BCUT2D eigenvalue weighted by Gasteiger charge is 2.44. The molecule has 3 amide bonds. The molecule has 0 bridgehead atoms. The predicted molar refractivity (Wildman–Crippen MR) is 134 cm³/mol. The van der Waals surface area contributed by atoms with Gasteiger partial charge in [-0.25, -0.2) is 4.79 Å². The van der Waals surface area contributed by atoms with E-state index in [1.165, 1.54) is 32.1 Å². The molecule has 5 rings (SSSR count). The van der Waals surface area contributed by atoms with Gasteiger partial charge in [0.2, 0.25) is 11.8 Å². The van der Waals surface area contributed by atoms with Gasteiger partial charge < -0.3 is 25.1 Å². The molecule has 8 heteroatoms. The van der Waals surface area contributed by atoms with Crippen LogP contribution in [0.2, 0.25) is 0 Å². The lowest BCUT2D eigenvalue weighted by Gasteiger charge is -2.25. The molecule has 1 aliphatic carbocycles. The van der Waals surface area contributed by atoms with Crippen LogP contribution in [0.5, 0.6) is 0 Å². The Hall–Kier alpha value is -2.61. The number of fused-ring (bicyclic) bond motifs is 1. The number of carbonyl (C=O) groups excluding carboxylic acids is 2. The first kappa shape index (κ1) is 25.5. The molecule has 1 aromatic rings. The molecule has 0 radical (unpaired) electrons. The molecule has 3 aliphatic heterocycles. The summed E-state index contributed by atoms with van der Waals surface area (Å²) in [5, 5.41) is 11.8. The molecule has 3 unspecified atom stereocenters. The fourth-order valence-corrected chi connectivity index (χ4v) is 6.09. The number of hydrogen-bond donors (Lipinski definition) is 2. The second kappa shape index (κ2) is 11.9. The van der Waals surface area contributed by atoms with E-state index in [4.69, 9.17) is 0 Å². The highest BCUT2D eigenvalue weighted by Crippen LogP contribution is 2.33. The summed E-state index contributed by atoms with van der Waals surface area (Å²) < 4.78 is 0. The molecule has 35 heavy (non-hydrogen) atoms. The molecular formula is C27H40N4O4. The molecule has 3 saturated heterocycles. The van der Waals surface area contributed by atoms with E-state index in [1.54, 1.807) is 11.9 Å². The van der Waals surface area contributed by atoms with Gasteiger partial charge in [0.05, 0.1) is 12.0 Å². The molecule has 4 atom stereocenters. The lowest BCUT2D eigenvalue weighted by molar-refractivity contribution is -0.135. The molecule has 4 fully saturated rings. The molecule has 1 aromatic carbocycles. The van der Waals surface area contributed by atoms with Crippen molar-refractivity contribution >= 4 is 17.9 Å². The number of rotatable bonds is 6. The van der Waals surface area contributed by atoms with Crippen LogP contribution in [0.1, 0.15) is 56.6 Å². The fourth-order valence-electron chi connectivity index (χ4n) is 6.09. The van der Waals surface area contributed by atoms with E-state index < -0.39 is 6.09 Å². The maximum atomic E-state index is 12.8. The van der Waals surface area contributed by atoms with Gasteiger partial charge in [0, 0.05) is 52.7 Å². The Balaban J connectivity index is 0.000000514. The van der Waals surface area contributed by atoms with Crippen LogP contribution >= 0.6 is 0 Å². The molecule has 2 N–H and O–H groups in total. The zero-order valence-electron chi connectivity index (χ0n) is 20.9. The summed E-state index contributed by atoms with van der Waals surface area (Å²) in [6.07, 6.45) is 7.55. The molecule has 3 heterocycles. The number of nitrogens with one attached hydrogen (secondary N) is 1. The average molecular weight is 485 g/mol. The normalized spacial score (nSPS) is 26.9. The maximum Gasteiger partial charge on any atom is 0.405 e. The van der Waals surface area contributed by atoms with Crippen LogP contribution in [0.15, 0.2) is 30.3 Å². The lowest BCUT2D eigenvalue weighted by atomic mass is 10.0. The zero-order chi connectivity index (χ0) is 24.8. The number of carboxylic acid groups (broad SMARTS) is 1. The Labute approximate surface area is 208 Å². The van der Waals surface area contributed by atoms with E-state index in [-0.39, 0.29) is 23.8 Å². The first-order valence-corrected chi connectivity index (χ1v) is 13.2. The molecule has 0 spiro atoms. The first-order valence-electron chi connectivity index (χ1n) is 13.2. The van der Waals surface area contributed by atoms with Gasteiger partial charge in [-0.15, -0.1) is 0 Å². The highest BCUT2D eigenvalue weighted by atomic mass is 16.4. The minimum Gasteiger partial charge on any atom is -0.465 e. The highest BCUT2D eigenvalue weighted by molar-refractivity contribution is 5.89. The molecule has 8 nitrogen and oxygen atoms in total. The Morgan fingerprint density at radius 2 is 1.57 bits per heavy atom. The molecule has 0 aromatic heterocycles. The third kappa shape index (κ3) is 6.75. The van der Waals surface area contributed by atoms with Crippen molar-refractivity contribution in [1.82, 2.24) is 20.0 Å². The summed E-state index contributed by atoms with van der Waals surface area (Å²) in [5.41, 5.74) is 0.979. The number of nitrogens with zero attached hydrogens (tertiary/aromatic N) is 3. The fraction of sp³-hybridized carbons (Fsp3) is 0.667. The largest absolute Gasteiger partial charge is 0.465 e. The number of carbonyl (C=O) groups is 3. The average Bonchev–Trinajstić information content (AvgIpc) is 3.63. The quantitative estimate of drug-likeness (QED) is 0.647. The summed E-state index contributed by atoms with van der Waals surface area (Å²) in [4.78, 5) is 41.7. The van der Waals surface area contributed by atoms with Gasteiger partial charge in [0.25, 0.3) is 0 Å². The van der Waals surface area contributed by atoms with Crippen molar-refractivity contribution in [1.29, 1.82) is 0 Å². The van der Waals surface area contributed by atoms with Gasteiger partial charge in [-0.1, -0.05) is 62.4 Å². The van der Waals surface area contributed by atoms with E-state index >= 15 is 0 Å². The van der Waals surface area contributed by atoms with Crippen LogP contribution < -0.4 is 5.32 Å². The number of hydrogen-bond acceptors (Lipinski definition) is 4. The van der Waals surface area contributed by atoms with Crippen molar-refractivity contribution < 1.29 is 19.5 Å². The minimum absolute atomic E-state index is 0.0573. The second-order valence-corrected chi connectivity index (χ2v) is 10.7. The number of likely N-dealkylation sites (tertiary alicyclic amines) is 3. The Kier molecular flexibility index (Phi) is 8.65. The Morgan fingerprint density at radius 3 is 2.09 bits per heavy atom. The van der Waals surface area contributed by atoms with Crippen LogP contribution in [0.3, 0.4) is 0 Å². The van der Waals surface area contributed by atoms with Crippen molar-refractivity contribution in [2.24, 2.45) is 17.8 Å². The SMILES string of the molecule is C1CCCC1.CN1C[C@@H](C(=O)N2CC3CN(CCC(NC(=O)O)c4ccccc4)CC3C2)CC1=O. The van der Waals surface area contributed by atoms with Crippen LogP contribution in [0, 0.1) is 17.8 Å². The summed E-state index contributed by atoms with van der Waals surface area (Å²) in [6.45, 7) is 4.77. The lowest BCUT2D eigenvalue weighted by Crippen LogP contribution is -2.38. The topological polar surface area (TPSA) is 93.2 Å². The summed E-state index contributed by atoms with van der Waals surface area (Å²) in [6, 6.07) is 9.46. The number of benzene rings is 1. The molecule has 192 valence electrons. The van der Waals surface area contributed by atoms with Crippen molar-refractivity contribution in [3.63, 3.8) is 0 Å². The maximum absolute atomic E-state index is 12.8. The first-order chi connectivity index (χ1) is 16.9. The van der Waals surface area contributed by atoms with Crippen LogP contribution in [-0.2, 0) is 9.59 Å². The standard InChI is InChI=1S/C22H30N4O4.C5H10/c1-24-10-16(9-20(24)27)21(28)26-13-17-11-25(12-18(17)14-26)8-7-19(23-22(29)30)15-5-3-2-4-6-15;1-2-4-5-3-1/h2-6,16-19,23H,7-14H2,1H3,(H,29,30);1-5H2/t16-,17?,18?,19?;/m0./s1. The van der Waals surface area contributed by atoms with E-state index in [0.29, 0.717) is 24.8 Å². The monoisotopic (exact) mass is 484 g/mol. The van der Waals surface area contributed by atoms with Gasteiger partial charge in [0.1, 0.15) is 0 Å². The third-order valence-electron chi connectivity index (χ3n) is 8.05. The van der Waals surface area contributed by atoms with E-state index in [0.717, 1.165) is 44.7 Å². The molecule has 4 aliphatic rings. The Morgan fingerprint density at radius 1 is 0.971 bits per heavy atom. The number of amides is 3. The van der Waals surface area contributed by atoms with Crippen LogP contribution in [0.4, 0.5) is 4.79 Å². The van der Waals surface area contributed by atoms with E-state index in [9.17, 15) is 19.5 Å². The Bertz CT molecular complexity index is 854. The van der Waals surface area contributed by atoms with Gasteiger partial charge in [-0.3, -0.25) is 9.59 Å². The van der Waals surface area contributed by atoms with Crippen LogP contribution in [0.25, 0.3) is 0 Å². The van der Waals surface area contributed by atoms with Crippen molar-refractivity contribution in [3.8, 4) is 0 Å². The third-order valence-corrected chi connectivity index (χ3v) is 8.05. The van der Waals surface area contributed by atoms with Gasteiger partial charge in [0.15, 0.2) is 0 Å².